The van der Waals surface area contributed by atoms with Gasteiger partial charge in [0, 0.05) is 29.9 Å². The molecule has 7 rings (SSSR count). The molecule has 6 atom stereocenters. The first-order chi connectivity index (χ1) is 20.6. The van der Waals surface area contributed by atoms with Gasteiger partial charge in [0.25, 0.3) is 11.8 Å². The zero-order valence-corrected chi connectivity index (χ0v) is 24.5. The van der Waals surface area contributed by atoms with Crippen LogP contribution >= 0.6 is 23.2 Å². The van der Waals surface area contributed by atoms with Crippen molar-refractivity contribution in [3.8, 4) is 5.75 Å². The highest BCUT2D eigenvalue weighted by molar-refractivity contribution is 6.53. The SMILES string of the molecule is CN1C(=O)C2(Cl)CC3C(=CCC4C(=O)N(c5ccc(Nc6ccccc6)cc5)C(=O)C43)C(c3ccccc3O)C2(Cl)C1=O. The van der Waals surface area contributed by atoms with E-state index in [1.165, 1.54) is 18.0 Å². The minimum Gasteiger partial charge on any atom is -0.508 e. The van der Waals surface area contributed by atoms with Crippen molar-refractivity contribution in [3.05, 3.63) is 96.1 Å². The number of likely N-dealkylation sites (tertiary alicyclic amines) is 1. The predicted molar refractivity (Wildman–Crippen MR) is 162 cm³/mol. The summed E-state index contributed by atoms with van der Waals surface area (Å²) in [5.74, 6) is -5.27. The summed E-state index contributed by atoms with van der Waals surface area (Å²) in [6.45, 7) is 0. The fourth-order valence-electron chi connectivity index (χ4n) is 7.46. The zero-order chi connectivity index (χ0) is 30.3. The number of halogens is 2. The predicted octanol–water partition coefficient (Wildman–Crippen LogP) is 5.33. The van der Waals surface area contributed by atoms with Gasteiger partial charge in [-0.2, -0.15) is 0 Å². The van der Waals surface area contributed by atoms with Crippen LogP contribution in [0.25, 0.3) is 0 Å². The van der Waals surface area contributed by atoms with Gasteiger partial charge in [-0.05, 0) is 61.2 Å². The number of fused-ring (bicyclic) bond motifs is 4. The van der Waals surface area contributed by atoms with Gasteiger partial charge >= 0.3 is 0 Å². The lowest BCUT2D eigenvalue weighted by Crippen LogP contribution is -2.60. The van der Waals surface area contributed by atoms with Crippen LogP contribution in [0.15, 0.2) is 90.5 Å². The summed E-state index contributed by atoms with van der Waals surface area (Å²) in [5, 5.41) is 14.2. The quantitative estimate of drug-likeness (QED) is 0.233. The van der Waals surface area contributed by atoms with E-state index in [1.807, 2.05) is 36.4 Å². The maximum atomic E-state index is 14.2. The van der Waals surface area contributed by atoms with E-state index in [-0.39, 0.29) is 24.5 Å². The third-order valence-corrected chi connectivity index (χ3v) is 10.9. The second kappa shape index (κ2) is 9.69. The van der Waals surface area contributed by atoms with Crippen molar-refractivity contribution in [3.63, 3.8) is 0 Å². The fourth-order valence-corrected chi connectivity index (χ4v) is 8.47. The summed E-state index contributed by atoms with van der Waals surface area (Å²) in [4.78, 5) is 53.4. The van der Waals surface area contributed by atoms with Crippen LogP contribution in [-0.4, -0.2) is 50.4 Å². The summed E-state index contributed by atoms with van der Waals surface area (Å²) in [5.41, 5.74) is 3.11. The standard InChI is InChI=1S/C33H27Cl2N3O5/c1-37-30(42)32(34)17-24-21(27(33(32,35)31(37)43)22-9-5-6-10-25(22)39)15-16-23-26(24)29(41)38(28(23)40)20-13-11-19(12-14-20)36-18-7-3-2-4-8-18/h2-15,23-24,26-27,36,39H,16-17H2,1H3. The van der Waals surface area contributed by atoms with Gasteiger partial charge in [0.15, 0.2) is 9.75 Å². The summed E-state index contributed by atoms with van der Waals surface area (Å²) in [6.07, 6.45) is 1.99. The maximum absolute atomic E-state index is 14.2. The number of hydrogen-bond donors (Lipinski definition) is 2. The number of imide groups is 2. The number of para-hydroxylation sites is 2. The van der Waals surface area contributed by atoms with E-state index in [4.69, 9.17) is 23.2 Å². The molecule has 0 aromatic heterocycles. The van der Waals surface area contributed by atoms with E-state index in [9.17, 15) is 24.3 Å². The molecule has 43 heavy (non-hydrogen) atoms. The second-order valence-electron chi connectivity index (χ2n) is 11.6. The molecule has 2 saturated heterocycles. The lowest BCUT2D eigenvalue weighted by Gasteiger charge is -2.50. The first-order valence-corrected chi connectivity index (χ1v) is 14.8. The Morgan fingerprint density at radius 2 is 1.47 bits per heavy atom. The molecule has 3 fully saturated rings. The van der Waals surface area contributed by atoms with Crippen LogP contribution in [0.2, 0.25) is 0 Å². The van der Waals surface area contributed by atoms with Gasteiger partial charge in [-0.15, -0.1) is 23.2 Å². The van der Waals surface area contributed by atoms with Crippen molar-refractivity contribution in [1.29, 1.82) is 0 Å². The first kappa shape index (κ1) is 27.7. The van der Waals surface area contributed by atoms with E-state index in [2.05, 4.69) is 5.32 Å². The zero-order valence-electron chi connectivity index (χ0n) is 23.0. The van der Waals surface area contributed by atoms with Gasteiger partial charge < -0.3 is 10.4 Å². The van der Waals surface area contributed by atoms with Gasteiger partial charge in [-0.1, -0.05) is 48.0 Å². The highest BCUT2D eigenvalue weighted by atomic mass is 35.5. The van der Waals surface area contributed by atoms with Crippen LogP contribution in [0.5, 0.6) is 5.75 Å². The Morgan fingerprint density at radius 3 is 2.16 bits per heavy atom. The van der Waals surface area contributed by atoms with Crippen molar-refractivity contribution in [2.24, 2.45) is 17.8 Å². The van der Waals surface area contributed by atoms with Crippen LogP contribution < -0.4 is 10.2 Å². The third kappa shape index (κ3) is 3.76. The van der Waals surface area contributed by atoms with Crippen molar-refractivity contribution in [2.75, 3.05) is 17.3 Å². The van der Waals surface area contributed by atoms with Crippen LogP contribution in [0, 0.1) is 17.8 Å². The fraction of sp³-hybridized carbons (Fsp3) is 0.273. The number of anilines is 3. The van der Waals surface area contributed by atoms with Crippen LogP contribution in [0.1, 0.15) is 24.3 Å². The first-order valence-electron chi connectivity index (χ1n) is 14.1. The largest absolute Gasteiger partial charge is 0.508 e. The molecule has 2 N–H and O–H groups in total. The van der Waals surface area contributed by atoms with Gasteiger partial charge in [0.1, 0.15) is 5.75 Å². The molecule has 10 heteroatoms. The van der Waals surface area contributed by atoms with Crippen LogP contribution in [-0.2, 0) is 19.2 Å². The van der Waals surface area contributed by atoms with Gasteiger partial charge in [-0.3, -0.25) is 29.0 Å². The third-order valence-electron chi connectivity index (χ3n) is 9.45. The number of amides is 4. The molecule has 0 bridgehead atoms. The molecule has 1 saturated carbocycles. The molecule has 2 aliphatic carbocycles. The highest BCUT2D eigenvalue weighted by Gasteiger charge is 2.76. The molecule has 8 nitrogen and oxygen atoms in total. The van der Waals surface area contributed by atoms with Crippen molar-refractivity contribution >= 4 is 63.9 Å². The number of allylic oxidation sites excluding steroid dienone is 2. The average molecular weight is 617 g/mol. The van der Waals surface area contributed by atoms with E-state index < -0.39 is 51.1 Å². The monoisotopic (exact) mass is 615 g/mol. The molecule has 6 unspecified atom stereocenters. The number of rotatable bonds is 4. The Kier molecular flexibility index (Phi) is 6.24. The van der Waals surface area contributed by atoms with E-state index in [0.717, 1.165) is 16.3 Å². The molecule has 0 spiro atoms. The molecule has 2 aliphatic heterocycles. The Labute approximate surface area is 257 Å². The number of carbonyl (C=O) groups excluding carboxylic acids is 4. The smallest absolute Gasteiger partial charge is 0.253 e. The average Bonchev–Trinajstić information content (AvgIpc) is 3.33. The number of nitrogens with zero attached hydrogens (tertiary/aromatic N) is 2. The summed E-state index contributed by atoms with van der Waals surface area (Å²) < 4.78 is 0. The Bertz CT molecular complexity index is 1730. The minimum absolute atomic E-state index is 0.100. The van der Waals surface area contributed by atoms with Crippen molar-refractivity contribution in [1.82, 2.24) is 4.90 Å². The van der Waals surface area contributed by atoms with Crippen molar-refractivity contribution in [2.45, 2.75) is 28.5 Å². The number of alkyl halides is 2. The summed E-state index contributed by atoms with van der Waals surface area (Å²) >= 11 is 14.3. The summed E-state index contributed by atoms with van der Waals surface area (Å²) in [6, 6.07) is 23.2. The van der Waals surface area contributed by atoms with Crippen molar-refractivity contribution < 1.29 is 24.3 Å². The summed E-state index contributed by atoms with van der Waals surface area (Å²) in [7, 11) is 1.34. The topological polar surface area (TPSA) is 107 Å². The minimum atomic E-state index is -1.93. The van der Waals surface area contributed by atoms with Gasteiger partial charge in [-0.25, -0.2) is 0 Å². The Hall–Kier alpha value is -4.14. The molecule has 4 aliphatic rings. The number of nitrogens with one attached hydrogen (secondary N) is 1. The highest BCUT2D eigenvalue weighted by Crippen LogP contribution is 2.66. The van der Waals surface area contributed by atoms with E-state index in [1.54, 1.807) is 42.5 Å². The Balaban J connectivity index is 1.27. The molecule has 2 heterocycles. The number of aromatic hydroxyl groups is 1. The molecular weight excluding hydrogens is 589 g/mol. The number of phenolic OH excluding ortho intramolecular Hbond substituents is 1. The lowest BCUT2D eigenvalue weighted by molar-refractivity contribution is -0.138. The number of hydrogen-bond acceptors (Lipinski definition) is 6. The molecule has 4 amide bonds. The molecule has 218 valence electrons. The van der Waals surface area contributed by atoms with E-state index in [0.29, 0.717) is 16.8 Å². The Morgan fingerprint density at radius 1 is 0.814 bits per heavy atom. The molecular formula is C33H27Cl2N3O5. The number of benzene rings is 3. The maximum Gasteiger partial charge on any atom is 0.253 e. The molecule has 0 radical (unpaired) electrons. The molecule has 3 aromatic rings. The normalized spacial score (nSPS) is 31.5. The van der Waals surface area contributed by atoms with E-state index >= 15 is 0 Å². The number of carbonyl (C=O) groups is 4. The van der Waals surface area contributed by atoms with Gasteiger partial charge in [0.2, 0.25) is 11.8 Å². The van der Waals surface area contributed by atoms with Gasteiger partial charge in [0.05, 0.1) is 17.5 Å². The van der Waals surface area contributed by atoms with Crippen LogP contribution in [0.4, 0.5) is 17.1 Å². The van der Waals surface area contributed by atoms with Crippen LogP contribution in [0.3, 0.4) is 0 Å². The lowest BCUT2D eigenvalue weighted by atomic mass is 9.56. The second-order valence-corrected chi connectivity index (χ2v) is 12.8. The molecule has 3 aromatic carbocycles. The number of phenols is 1.